The lowest BCUT2D eigenvalue weighted by molar-refractivity contribution is 0.158. The Morgan fingerprint density at radius 2 is 1.83 bits per heavy atom. The Labute approximate surface area is 170 Å². The van der Waals surface area contributed by atoms with Crippen molar-refractivity contribution in [1.29, 1.82) is 0 Å². The fourth-order valence-electron chi connectivity index (χ4n) is 4.25. The first-order chi connectivity index (χ1) is 14.0. The summed E-state index contributed by atoms with van der Waals surface area (Å²) in [5.41, 5.74) is 1.98. The van der Waals surface area contributed by atoms with E-state index in [0.717, 1.165) is 33.3 Å². The predicted molar refractivity (Wildman–Crippen MR) is 107 cm³/mol. The van der Waals surface area contributed by atoms with E-state index in [0.29, 0.717) is 30.8 Å². The van der Waals surface area contributed by atoms with Crippen LogP contribution in [-0.2, 0) is 12.8 Å². The largest absolute Gasteiger partial charge is 0.393 e. The molecule has 2 atom stereocenters. The van der Waals surface area contributed by atoms with Crippen LogP contribution in [-0.4, -0.2) is 31.7 Å². The summed E-state index contributed by atoms with van der Waals surface area (Å²) in [6.45, 7) is 3.73. The molecule has 2 aromatic heterocycles. The van der Waals surface area contributed by atoms with E-state index < -0.39 is 17.7 Å². The number of hydrogen-bond donors (Lipinski definition) is 1. The monoisotopic (exact) mass is 414 g/mol. The summed E-state index contributed by atoms with van der Waals surface area (Å²) >= 11 is 1.59. The number of aliphatic imine (C=N–C) groups is 1. The topological polar surface area (TPSA) is 63.3 Å². The first-order valence-corrected chi connectivity index (χ1v) is 10.5. The van der Waals surface area contributed by atoms with Gasteiger partial charge in [-0.05, 0) is 57.2 Å². The molecule has 0 saturated heterocycles. The summed E-state index contributed by atoms with van der Waals surface area (Å²) in [4.78, 5) is 5.88. The standard InChI is InChI=1S/C21H20F2N4OS/c1-10-20-26-25-11(2)27(20)21-17(13-8-6-12(28)7-9-16(13)29-21)19(24-10)18-14(22)4-3-5-15(18)23/h3-5,10,12,28H,6-9H2,1-2H3/t10-,12?/m0/s1. The van der Waals surface area contributed by atoms with Gasteiger partial charge in [0.1, 0.15) is 28.5 Å². The van der Waals surface area contributed by atoms with Crippen LogP contribution in [0.1, 0.15) is 59.0 Å². The molecule has 1 unspecified atom stereocenters. The predicted octanol–water partition coefficient (Wildman–Crippen LogP) is 4.07. The molecule has 150 valence electrons. The van der Waals surface area contributed by atoms with Crippen molar-refractivity contribution in [3.05, 3.63) is 63.0 Å². The first kappa shape index (κ1) is 18.6. The Bertz CT molecular complexity index is 1130. The summed E-state index contributed by atoms with van der Waals surface area (Å²) in [7, 11) is 0. The SMILES string of the molecule is Cc1nnc2n1-c1sc3c(c1C(c1c(F)cccc1F)=N[C@H]2C)CCC(O)CC3. The maximum Gasteiger partial charge on any atom is 0.162 e. The van der Waals surface area contributed by atoms with E-state index >= 15 is 0 Å². The normalized spacial score (nSPS) is 20.9. The second-order valence-corrected chi connectivity index (χ2v) is 8.69. The van der Waals surface area contributed by atoms with E-state index in [2.05, 4.69) is 10.2 Å². The van der Waals surface area contributed by atoms with Crippen molar-refractivity contribution >= 4 is 17.0 Å². The van der Waals surface area contributed by atoms with Gasteiger partial charge < -0.3 is 5.11 Å². The highest BCUT2D eigenvalue weighted by atomic mass is 32.1. The number of aliphatic hydroxyl groups excluding tert-OH is 1. The fraction of sp³-hybridized carbons (Fsp3) is 0.381. The average molecular weight is 414 g/mol. The summed E-state index contributed by atoms with van der Waals surface area (Å²) in [5, 5.41) is 19.5. The molecular formula is C21H20F2N4OS. The lowest BCUT2D eigenvalue weighted by Gasteiger charge is -2.13. The molecule has 3 heterocycles. The Morgan fingerprint density at radius 1 is 1.10 bits per heavy atom. The van der Waals surface area contributed by atoms with Crippen LogP contribution in [0.3, 0.4) is 0 Å². The summed E-state index contributed by atoms with van der Waals surface area (Å²) < 4.78 is 31.6. The van der Waals surface area contributed by atoms with Crippen LogP contribution < -0.4 is 0 Å². The average Bonchev–Trinajstić information content (AvgIpc) is 3.14. The van der Waals surface area contributed by atoms with Crippen LogP contribution in [0.15, 0.2) is 23.2 Å². The zero-order valence-corrected chi connectivity index (χ0v) is 16.9. The molecule has 0 radical (unpaired) electrons. The van der Waals surface area contributed by atoms with Crippen LogP contribution in [0.5, 0.6) is 0 Å². The zero-order valence-electron chi connectivity index (χ0n) is 16.1. The highest BCUT2D eigenvalue weighted by Crippen LogP contribution is 2.42. The van der Waals surface area contributed by atoms with E-state index in [1.807, 2.05) is 18.4 Å². The number of halogens is 2. The molecule has 1 aliphatic carbocycles. The molecule has 0 spiro atoms. The number of aliphatic hydroxyl groups is 1. The number of benzene rings is 1. The first-order valence-electron chi connectivity index (χ1n) is 9.73. The van der Waals surface area contributed by atoms with Crippen molar-refractivity contribution in [2.24, 2.45) is 4.99 Å². The number of aromatic nitrogens is 3. The van der Waals surface area contributed by atoms with Gasteiger partial charge in [-0.3, -0.25) is 9.56 Å². The lowest BCUT2D eigenvalue weighted by atomic mass is 9.95. The highest BCUT2D eigenvalue weighted by Gasteiger charge is 2.34. The van der Waals surface area contributed by atoms with Gasteiger partial charge in [0.2, 0.25) is 0 Å². The van der Waals surface area contributed by atoms with Gasteiger partial charge in [-0.25, -0.2) is 8.78 Å². The van der Waals surface area contributed by atoms with Crippen molar-refractivity contribution in [3.63, 3.8) is 0 Å². The molecular weight excluding hydrogens is 394 g/mol. The van der Waals surface area contributed by atoms with Crippen LogP contribution in [0.2, 0.25) is 0 Å². The Kier molecular flexibility index (Phi) is 4.36. The zero-order chi connectivity index (χ0) is 20.3. The van der Waals surface area contributed by atoms with Gasteiger partial charge >= 0.3 is 0 Å². The Hall–Kier alpha value is -2.45. The smallest absolute Gasteiger partial charge is 0.162 e. The molecule has 0 bridgehead atoms. The van der Waals surface area contributed by atoms with Gasteiger partial charge in [0.25, 0.3) is 0 Å². The molecule has 5 nitrogen and oxygen atoms in total. The van der Waals surface area contributed by atoms with Crippen LogP contribution >= 0.6 is 11.3 Å². The minimum atomic E-state index is -0.634. The van der Waals surface area contributed by atoms with Crippen molar-refractivity contribution < 1.29 is 13.9 Å². The van der Waals surface area contributed by atoms with E-state index in [1.54, 1.807) is 11.3 Å². The van der Waals surface area contributed by atoms with E-state index in [9.17, 15) is 13.9 Å². The molecule has 29 heavy (non-hydrogen) atoms. The van der Waals surface area contributed by atoms with E-state index in [4.69, 9.17) is 4.99 Å². The molecule has 1 aromatic carbocycles. The van der Waals surface area contributed by atoms with Gasteiger partial charge in [-0.2, -0.15) is 0 Å². The molecule has 0 fully saturated rings. The number of aryl methyl sites for hydroxylation is 2. The minimum absolute atomic E-state index is 0.109. The molecule has 1 N–H and O–H groups in total. The van der Waals surface area contributed by atoms with Gasteiger partial charge in [0.05, 0.1) is 17.4 Å². The van der Waals surface area contributed by atoms with Gasteiger partial charge in [0, 0.05) is 10.4 Å². The number of fused-ring (bicyclic) bond motifs is 5. The lowest BCUT2D eigenvalue weighted by Crippen LogP contribution is -2.13. The van der Waals surface area contributed by atoms with E-state index in [1.165, 1.54) is 18.2 Å². The van der Waals surface area contributed by atoms with Crippen molar-refractivity contribution in [2.45, 2.75) is 51.7 Å². The van der Waals surface area contributed by atoms with Gasteiger partial charge in [-0.15, -0.1) is 21.5 Å². The summed E-state index contributed by atoms with van der Waals surface area (Å²) in [6.07, 6.45) is 2.30. The van der Waals surface area contributed by atoms with Crippen LogP contribution in [0.25, 0.3) is 5.00 Å². The van der Waals surface area contributed by atoms with Crippen LogP contribution in [0, 0.1) is 18.6 Å². The summed E-state index contributed by atoms with van der Waals surface area (Å²) in [6, 6.07) is 3.48. The third-order valence-electron chi connectivity index (χ3n) is 5.69. The third-order valence-corrected chi connectivity index (χ3v) is 6.97. The molecule has 2 aliphatic rings. The van der Waals surface area contributed by atoms with Gasteiger partial charge in [-0.1, -0.05) is 6.07 Å². The number of rotatable bonds is 1. The number of hydrogen-bond acceptors (Lipinski definition) is 5. The Morgan fingerprint density at radius 3 is 2.59 bits per heavy atom. The second kappa shape index (κ2) is 6.81. The maximum absolute atomic E-state index is 14.8. The van der Waals surface area contributed by atoms with E-state index in [-0.39, 0.29) is 11.7 Å². The van der Waals surface area contributed by atoms with Crippen LogP contribution in [0.4, 0.5) is 8.78 Å². The highest BCUT2D eigenvalue weighted by molar-refractivity contribution is 7.15. The molecule has 1 aliphatic heterocycles. The molecule has 0 amide bonds. The molecule has 5 rings (SSSR count). The number of thiophene rings is 1. The molecule has 0 saturated carbocycles. The van der Waals surface area contributed by atoms with Crippen molar-refractivity contribution in [2.75, 3.05) is 0 Å². The van der Waals surface area contributed by atoms with Gasteiger partial charge in [0.15, 0.2) is 5.82 Å². The molecule has 8 heteroatoms. The summed E-state index contributed by atoms with van der Waals surface area (Å²) in [5.74, 6) is 0.108. The molecule has 3 aromatic rings. The maximum atomic E-state index is 14.8. The Balaban J connectivity index is 1.84. The number of nitrogens with zero attached hydrogens (tertiary/aromatic N) is 4. The van der Waals surface area contributed by atoms with Crippen molar-refractivity contribution in [3.8, 4) is 5.00 Å². The van der Waals surface area contributed by atoms with Crippen molar-refractivity contribution in [1.82, 2.24) is 14.8 Å². The minimum Gasteiger partial charge on any atom is -0.393 e. The quantitative estimate of drug-likeness (QED) is 0.611. The third kappa shape index (κ3) is 2.85. The fourth-order valence-corrected chi connectivity index (χ4v) is 5.67. The second-order valence-electron chi connectivity index (χ2n) is 7.61.